The van der Waals surface area contributed by atoms with E-state index in [1.54, 1.807) is 0 Å². The molecule has 17 heavy (non-hydrogen) atoms. The third kappa shape index (κ3) is 6.39. The molecule has 0 aromatic heterocycles. The number of likely N-dealkylation sites (N-methyl/N-ethyl adjacent to an activating group) is 1. The first kappa shape index (κ1) is 14.9. The van der Waals surface area contributed by atoms with Gasteiger partial charge in [0.05, 0.1) is 0 Å². The zero-order chi connectivity index (χ0) is 12.5. The maximum atomic E-state index is 3.39. The minimum Gasteiger partial charge on any atom is -0.317 e. The largest absolute Gasteiger partial charge is 0.317 e. The molecule has 0 bridgehead atoms. The third-order valence-corrected chi connectivity index (χ3v) is 3.73. The maximum absolute atomic E-state index is 3.39. The van der Waals surface area contributed by atoms with Crippen LogP contribution in [0.4, 0.5) is 0 Å². The quantitative estimate of drug-likeness (QED) is 0.686. The summed E-state index contributed by atoms with van der Waals surface area (Å²) >= 11 is 0. The van der Waals surface area contributed by atoms with Gasteiger partial charge in [0.1, 0.15) is 0 Å². The Hall–Kier alpha value is -0.120. The molecule has 3 nitrogen and oxygen atoms in total. The molecule has 1 fully saturated rings. The predicted octanol–water partition coefficient (Wildman–Crippen LogP) is 1.79. The fourth-order valence-corrected chi connectivity index (χ4v) is 2.67. The van der Waals surface area contributed by atoms with Gasteiger partial charge >= 0.3 is 0 Å². The number of rotatable bonds is 7. The van der Waals surface area contributed by atoms with E-state index in [0.29, 0.717) is 0 Å². The fraction of sp³-hybridized carbons (Fsp3) is 1.00. The van der Waals surface area contributed by atoms with E-state index in [9.17, 15) is 0 Å². The highest BCUT2D eigenvalue weighted by molar-refractivity contribution is 4.75. The van der Waals surface area contributed by atoms with Crippen LogP contribution in [0.25, 0.3) is 0 Å². The monoisotopic (exact) mass is 241 g/mol. The zero-order valence-electron chi connectivity index (χ0n) is 12.0. The molecule has 1 N–H and O–H groups in total. The average molecular weight is 241 g/mol. The maximum Gasteiger partial charge on any atom is 0.0194 e. The molecule has 1 rings (SSSR count). The molecule has 102 valence electrons. The molecule has 1 aliphatic heterocycles. The highest BCUT2D eigenvalue weighted by atomic mass is 15.2. The zero-order valence-corrected chi connectivity index (χ0v) is 12.0. The lowest BCUT2D eigenvalue weighted by Gasteiger charge is -2.27. The van der Waals surface area contributed by atoms with E-state index in [-0.39, 0.29) is 0 Å². The lowest BCUT2D eigenvalue weighted by Crippen LogP contribution is -2.38. The van der Waals surface area contributed by atoms with Crippen LogP contribution >= 0.6 is 0 Å². The van der Waals surface area contributed by atoms with Crippen molar-refractivity contribution in [3.05, 3.63) is 0 Å². The van der Waals surface area contributed by atoms with Crippen molar-refractivity contribution in [3.8, 4) is 0 Å². The predicted molar refractivity (Wildman–Crippen MR) is 75.5 cm³/mol. The fourth-order valence-electron chi connectivity index (χ4n) is 2.67. The summed E-state index contributed by atoms with van der Waals surface area (Å²) in [5.41, 5.74) is 0. The Bertz CT molecular complexity index is 184. The lowest BCUT2D eigenvalue weighted by molar-refractivity contribution is 0.198. The van der Waals surface area contributed by atoms with E-state index >= 15 is 0 Å². The van der Waals surface area contributed by atoms with Gasteiger partial charge in [-0.25, -0.2) is 0 Å². The van der Waals surface area contributed by atoms with E-state index in [4.69, 9.17) is 0 Å². The summed E-state index contributed by atoms with van der Waals surface area (Å²) < 4.78 is 0. The second kappa shape index (κ2) is 8.90. The van der Waals surface area contributed by atoms with Gasteiger partial charge in [0.15, 0.2) is 0 Å². The smallest absolute Gasteiger partial charge is 0.0194 e. The number of hydrogen-bond donors (Lipinski definition) is 1. The van der Waals surface area contributed by atoms with Crippen molar-refractivity contribution in [2.24, 2.45) is 0 Å². The highest BCUT2D eigenvalue weighted by Gasteiger charge is 2.18. The molecule has 3 heteroatoms. The summed E-state index contributed by atoms with van der Waals surface area (Å²) in [5.74, 6) is 0. The van der Waals surface area contributed by atoms with E-state index in [1.165, 1.54) is 58.4 Å². The van der Waals surface area contributed by atoms with Crippen molar-refractivity contribution in [1.29, 1.82) is 0 Å². The summed E-state index contributed by atoms with van der Waals surface area (Å²) in [7, 11) is 2.25. The van der Waals surface area contributed by atoms with Gasteiger partial charge in [-0.1, -0.05) is 13.3 Å². The Kier molecular flexibility index (Phi) is 7.82. The standard InChI is InChI=1S/C14H31N3/c1-4-15-9-6-5-7-11-17-12-8-10-16(3)13-14(17)2/h14-15H,4-13H2,1-3H3. The molecule has 1 aliphatic rings. The van der Waals surface area contributed by atoms with Gasteiger partial charge in [-0.15, -0.1) is 0 Å². The molecule has 0 aromatic carbocycles. The first-order valence-corrected chi connectivity index (χ1v) is 7.37. The van der Waals surface area contributed by atoms with Crippen LogP contribution < -0.4 is 5.32 Å². The Labute approximate surface area is 108 Å². The number of hydrogen-bond acceptors (Lipinski definition) is 3. The van der Waals surface area contributed by atoms with Crippen molar-refractivity contribution in [3.63, 3.8) is 0 Å². The number of nitrogens with one attached hydrogen (secondary N) is 1. The molecule has 1 unspecified atom stereocenters. The Morgan fingerprint density at radius 1 is 1.18 bits per heavy atom. The lowest BCUT2D eigenvalue weighted by atomic mass is 10.2. The molecule has 0 radical (unpaired) electrons. The van der Waals surface area contributed by atoms with Crippen LogP contribution in [0.1, 0.15) is 39.5 Å². The van der Waals surface area contributed by atoms with Crippen molar-refractivity contribution >= 4 is 0 Å². The Morgan fingerprint density at radius 2 is 2.00 bits per heavy atom. The summed E-state index contributed by atoms with van der Waals surface area (Å²) in [6.07, 6.45) is 5.39. The highest BCUT2D eigenvalue weighted by Crippen LogP contribution is 2.10. The third-order valence-electron chi connectivity index (χ3n) is 3.73. The molecule has 0 aromatic rings. The van der Waals surface area contributed by atoms with Crippen LogP contribution in [0.3, 0.4) is 0 Å². The molecule has 0 spiro atoms. The summed E-state index contributed by atoms with van der Waals surface area (Å²) in [6, 6.07) is 0.733. The normalized spacial score (nSPS) is 23.8. The molecule has 1 heterocycles. The van der Waals surface area contributed by atoms with Gasteiger partial charge in [0, 0.05) is 12.6 Å². The van der Waals surface area contributed by atoms with Gasteiger partial charge in [-0.05, 0) is 66.0 Å². The summed E-state index contributed by atoms with van der Waals surface area (Å²) in [6.45, 7) is 11.9. The van der Waals surface area contributed by atoms with Crippen molar-refractivity contribution in [2.75, 3.05) is 46.3 Å². The minimum absolute atomic E-state index is 0.733. The Morgan fingerprint density at radius 3 is 2.76 bits per heavy atom. The van der Waals surface area contributed by atoms with E-state index in [1.807, 2.05) is 0 Å². The van der Waals surface area contributed by atoms with Crippen LogP contribution in [-0.4, -0.2) is 62.2 Å². The number of nitrogens with zero attached hydrogens (tertiary/aromatic N) is 2. The van der Waals surface area contributed by atoms with Crippen molar-refractivity contribution in [2.45, 2.75) is 45.6 Å². The van der Waals surface area contributed by atoms with E-state index < -0.39 is 0 Å². The molecule has 0 aliphatic carbocycles. The second-order valence-electron chi connectivity index (χ2n) is 5.42. The second-order valence-corrected chi connectivity index (χ2v) is 5.42. The summed E-state index contributed by atoms with van der Waals surface area (Å²) in [4.78, 5) is 5.15. The Balaban J connectivity index is 2.08. The SMILES string of the molecule is CCNCCCCCN1CCCN(C)CC1C. The van der Waals surface area contributed by atoms with Crippen LogP contribution in [0.15, 0.2) is 0 Å². The van der Waals surface area contributed by atoms with Gasteiger partial charge in [-0.3, -0.25) is 4.90 Å². The molecular weight excluding hydrogens is 210 g/mol. The molecule has 1 atom stereocenters. The first-order chi connectivity index (χ1) is 8.24. The topological polar surface area (TPSA) is 18.5 Å². The molecule has 1 saturated heterocycles. The van der Waals surface area contributed by atoms with Gasteiger partial charge in [0.2, 0.25) is 0 Å². The van der Waals surface area contributed by atoms with Gasteiger partial charge < -0.3 is 10.2 Å². The van der Waals surface area contributed by atoms with Gasteiger partial charge in [0.25, 0.3) is 0 Å². The molecule has 0 amide bonds. The van der Waals surface area contributed by atoms with Crippen LogP contribution in [-0.2, 0) is 0 Å². The van der Waals surface area contributed by atoms with E-state index in [0.717, 1.165) is 12.6 Å². The summed E-state index contributed by atoms with van der Waals surface area (Å²) in [5, 5.41) is 3.39. The van der Waals surface area contributed by atoms with Gasteiger partial charge in [-0.2, -0.15) is 0 Å². The minimum atomic E-state index is 0.733. The average Bonchev–Trinajstić information content (AvgIpc) is 2.45. The molecular formula is C14H31N3. The first-order valence-electron chi connectivity index (χ1n) is 7.37. The van der Waals surface area contributed by atoms with Crippen LogP contribution in [0.5, 0.6) is 0 Å². The van der Waals surface area contributed by atoms with Crippen molar-refractivity contribution < 1.29 is 0 Å². The number of unbranched alkanes of at least 4 members (excludes halogenated alkanes) is 2. The van der Waals surface area contributed by atoms with Crippen molar-refractivity contribution in [1.82, 2.24) is 15.1 Å². The molecule has 0 saturated carbocycles. The van der Waals surface area contributed by atoms with E-state index in [2.05, 4.69) is 36.0 Å². The van der Waals surface area contributed by atoms with Crippen LogP contribution in [0.2, 0.25) is 0 Å². The van der Waals surface area contributed by atoms with Crippen LogP contribution in [0, 0.1) is 0 Å².